The van der Waals surface area contributed by atoms with Crippen molar-refractivity contribution in [3.8, 4) is 0 Å². The van der Waals surface area contributed by atoms with Crippen LogP contribution in [0.15, 0.2) is 0 Å². The van der Waals surface area contributed by atoms with Gasteiger partial charge in [-0.05, 0) is 0 Å². The van der Waals surface area contributed by atoms with E-state index in [0.29, 0.717) is 0 Å². The summed E-state index contributed by atoms with van der Waals surface area (Å²) in [4.78, 5) is 11.8. The highest BCUT2D eigenvalue weighted by atomic mass is 19.4. The molecule has 0 aliphatic carbocycles. The molecule has 3 nitrogen and oxygen atoms in total. The van der Waals surface area contributed by atoms with Crippen molar-refractivity contribution in [3.05, 3.63) is 0 Å². The summed E-state index contributed by atoms with van der Waals surface area (Å²) in [5, 5.41) is 0. The Labute approximate surface area is 67.3 Å². The van der Waals surface area contributed by atoms with Crippen molar-refractivity contribution in [1.29, 1.82) is 0 Å². The Balaban J connectivity index is 2.22. The van der Waals surface area contributed by atoms with E-state index in [-0.39, 0.29) is 19.0 Å². The maximum absolute atomic E-state index is 11.6. The number of hydrogen-bond donors (Lipinski definition) is 1. The van der Waals surface area contributed by atoms with Gasteiger partial charge in [0.2, 0.25) is 5.91 Å². The molecule has 0 aromatic rings. The summed E-state index contributed by atoms with van der Waals surface area (Å²) in [6.07, 6.45) is -5.15. The first-order valence-electron chi connectivity index (χ1n) is 3.51. The van der Waals surface area contributed by atoms with Crippen LogP contribution in [0.3, 0.4) is 0 Å². The first-order valence-corrected chi connectivity index (χ1v) is 3.51. The summed E-state index contributed by atoms with van der Waals surface area (Å²) in [6, 6.07) is -0.585. The van der Waals surface area contributed by atoms with Crippen molar-refractivity contribution in [2.45, 2.75) is 18.6 Å². The van der Waals surface area contributed by atoms with Crippen molar-refractivity contribution < 1.29 is 18.0 Å². The van der Waals surface area contributed by atoms with Crippen LogP contribution in [0.4, 0.5) is 13.2 Å². The highest BCUT2D eigenvalue weighted by Crippen LogP contribution is 2.21. The number of rotatable bonds is 2. The van der Waals surface area contributed by atoms with Crippen LogP contribution < -0.4 is 5.73 Å². The quantitative estimate of drug-likeness (QED) is 0.616. The summed E-state index contributed by atoms with van der Waals surface area (Å²) in [6.45, 7) is -0.0229. The van der Waals surface area contributed by atoms with Crippen LogP contribution in [0.25, 0.3) is 0 Å². The van der Waals surface area contributed by atoms with Crippen LogP contribution in [0.1, 0.15) is 6.42 Å². The zero-order valence-corrected chi connectivity index (χ0v) is 6.27. The second-order valence-electron chi connectivity index (χ2n) is 2.76. The number of nitrogens with zero attached hydrogens (tertiary/aromatic N) is 1. The smallest absolute Gasteiger partial charge is 0.339 e. The monoisotopic (exact) mass is 182 g/mol. The van der Waals surface area contributed by atoms with Gasteiger partial charge in [0.05, 0.1) is 6.42 Å². The lowest BCUT2D eigenvalue weighted by atomic mass is 10.1. The fraction of sp³-hybridized carbons (Fsp3) is 0.833. The van der Waals surface area contributed by atoms with Crippen molar-refractivity contribution >= 4 is 5.91 Å². The van der Waals surface area contributed by atoms with Gasteiger partial charge < -0.3 is 10.6 Å². The maximum atomic E-state index is 11.6. The second-order valence-corrected chi connectivity index (χ2v) is 2.76. The molecule has 12 heavy (non-hydrogen) atoms. The molecular formula is C6H9F3N2O. The Hall–Kier alpha value is -0.780. The van der Waals surface area contributed by atoms with Gasteiger partial charge in [0.15, 0.2) is 0 Å². The summed E-state index contributed by atoms with van der Waals surface area (Å²) < 4.78 is 34.9. The zero-order valence-electron chi connectivity index (χ0n) is 6.27. The lowest BCUT2D eigenvalue weighted by molar-refractivity contribution is -0.153. The Morgan fingerprint density at radius 1 is 1.58 bits per heavy atom. The highest BCUT2D eigenvalue weighted by molar-refractivity contribution is 5.87. The number of hydrogen-bond acceptors (Lipinski definition) is 2. The molecule has 1 fully saturated rings. The Morgan fingerprint density at radius 3 is 2.50 bits per heavy atom. The molecule has 0 aromatic heterocycles. The molecule has 0 spiro atoms. The van der Waals surface area contributed by atoms with Gasteiger partial charge in [-0.15, -0.1) is 0 Å². The second kappa shape index (κ2) is 2.93. The van der Waals surface area contributed by atoms with Crippen LogP contribution in [0.2, 0.25) is 0 Å². The fourth-order valence-corrected chi connectivity index (χ4v) is 0.991. The topological polar surface area (TPSA) is 46.3 Å². The van der Waals surface area contributed by atoms with Crippen LogP contribution in [-0.2, 0) is 4.79 Å². The molecule has 1 unspecified atom stereocenters. The number of amides is 1. The molecule has 1 aliphatic heterocycles. The molecule has 1 atom stereocenters. The van der Waals surface area contributed by atoms with Gasteiger partial charge in [-0.3, -0.25) is 4.79 Å². The molecule has 1 saturated heterocycles. The predicted molar refractivity (Wildman–Crippen MR) is 35.2 cm³/mol. The molecule has 1 aliphatic rings. The van der Waals surface area contributed by atoms with E-state index in [4.69, 9.17) is 5.73 Å². The largest absolute Gasteiger partial charge is 0.390 e. The Kier molecular flexibility index (Phi) is 2.27. The van der Waals surface area contributed by atoms with Crippen molar-refractivity contribution in [2.75, 3.05) is 13.1 Å². The van der Waals surface area contributed by atoms with Gasteiger partial charge in [0.25, 0.3) is 0 Å². The molecule has 1 amide bonds. The number of β-lactam (4-membered cyclic amide) rings is 1. The predicted octanol–water partition coefficient (Wildman–Crippen LogP) is 0.108. The SMILES string of the molecule is NC1CN(CCC(F)(F)F)C1=O. The van der Waals surface area contributed by atoms with E-state index >= 15 is 0 Å². The number of carbonyl (C=O) groups excluding carboxylic acids is 1. The van der Waals surface area contributed by atoms with E-state index in [2.05, 4.69) is 0 Å². The third-order valence-electron chi connectivity index (χ3n) is 1.71. The van der Waals surface area contributed by atoms with E-state index in [0.717, 1.165) is 4.90 Å². The lowest BCUT2D eigenvalue weighted by Gasteiger charge is -2.36. The van der Waals surface area contributed by atoms with Crippen molar-refractivity contribution in [1.82, 2.24) is 4.90 Å². The highest BCUT2D eigenvalue weighted by Gasteiger charge is 2.36. The van der Waals surface area contributed by atoms with Gasteiger partial charge in [-0.25, -0.2) is 0 Å². The Morgan fingerprint density at radius 2 is 2.17 bits per heavy atom. The van der Waals surface area contributed by atoms with Crippen LogP contribution in [-0.4, -0.2) is 36.1 Å². The van der Waals surface area contributed by atoms with Crippen LogP contribution in [0, 0.1) is 0 Å². The Bertz CT molecular complexity index is 192. The van der Waals surface area contributed by atoms with E-state index in [1.807, 2.05) is 0 Å². The van der Waals surface area contributed by atoms with E-state index in [1.165, 1.54) is 0 Å². The molecule has 6 heteroatoms. The zero-order chi connectivity index (χ0) is 9.35. The minimum Gasteiger partial charge on any atom is -0.339 e. The average molecular weight is 182 g/mol. The molecule has 0 aromatic carbocycles. The minimum atomic E-state index is -4.19. The molecule has 0 saturated carbocycles. The van der Waals surface area contributed by atoms with Crippen molar-refractivity contribution in [3.63, 3.8) is 0 Å². The van der Waals surface area contributed by atoms with Gasteiger partial charge in [-0.1, -0.05) is 0 Å². The van der Waals surface area contributed by atoms with Crippen LogP contribution in [0.5, 0.6) is 0 Å². The summed E-state index contributed by atoms with van der Waals surface area (Å²) in [5.41, 5.74) is 5.18. The van der Waals surface area contributed by atoms with E-state index < -0.39 is 18.6 Å². The van der Waals surface area contributed by atoms with Gasteiger partial charge in [0, 0.05) is 13.1 Å². The number of carbonyl (C=O) groups is 1. The van der Waals surface area contributed by atoms with E-state index in [9.17, 15) is 18.0 Å². The first-order chi connectivity index (χ1) is 5.40. The van der Waals surface area contributed by atoms with Crippen LogP contribution >= 0.6 is 0 Å². The minimum absolute atomic E-state index is 0.245. The van der Waals surface area contributed by atoms with Gasteiger partial charge in [0.1, 0.15) is 6.04 Å². The van der Waals surface area contributed by atoms with Gasteiger partial charge >= 0.3 is 6.18 Å². The summed E-state index contributed by atoms with van der Waals surface area (Å²) in [5.74, 6) is -0.390. The summed E-state index contributed by atoms with van der Waals surface area (Å²) in [7, 11) is 0. The average Bonchev–Trinajstić information content (AvgIpc) is 1.95. The van der Waals surface area contributed by atoms with E-state index in [1.54, 1.807) is 0 Å². The van der Waals surface area contributed by atoms with Crippen molar-refractivity contribution in [2.24, 2.45) is 5.73 Å². The molecular weight excluding hydrogens is 173 g/mol. The molecule has 1 rings (SSSR count). The fourth-order valence-electron chi connectivity index (χ4n) is 0.991. The lowest BCUT2D eigenvalue weighted by Crippen LogP contribution is -2.61. The number of halogens is 3. The first kappa shape index (κ1) is 9.31. The number of alkyl halides is 3. The molecule has 0 bridgehead atoms. The number of nitrogens with two attached hydrogens (primary N) is 1. The normalized spacial score (nSPS) is 24.2. The third-order valence-corrected chi connectivity index (χ3v) is 1.71. The van der Waals surface area contributed by atoms with Gasteiger partial charge in [-0.2, -0.15) is 13.2 Å². The molecule has 70 valence electrons. The number of likely N-dealkylation sites (tertiary alicyclic amines) is 1. The third kappa shape index (κ3) is 2.10. The maximum Gasteiger partial charge on any atom is 0.390 e. The molecule has 1 heterocycles. The standard InChI is InChI=1S/C6H9F3N2O/c7-6(8,9)1-2-11-3-4(10)5(11)12/h4H,1-3,10H2. The summed E-state index contributed by atoms with van der Waals surface area (Å²) >= 11 is 0. The molecule has 0 radical (unpaired) electrons. The molecule has 2 N–H and O–H groups in total.